The largest absolute Gasteiger partial charge is 0.474 e. The zero-order valence-electron chi connectivity index (χ0n) is 19.3. The summed E-state index contributed by atoms with van der Waals surface area (Å²) in [5.41, 5.74) is 3.99. The van der Waals surface area contributed by atoms with Gasteiger partial charge in [-0.2, -0.15) is 0 Å². The van der Waals surface area contributed by atoms with Gasteiger partial charge in [0.15, 0.2) is 11.9 Å². The Labute approximate surface area is 195 Å². The van der Waals surface area contributed by atoms with E-state index < -0.39 is 11.8 Å². The first-order valence-corrected chi connectivity index (χ1v) is 11.1. The molecule has 1 aliphatic heterocycles. The number of aromatic nitrogens is 3. The SMILES string of the molecule is Cc1cccc(-c2c3c(=O)n(C)c(=O)n(C)c3c3n2-c2ccccc2OC3c2ccc(C)o2)c1. The Balaban J connectivity index is 1.88. The van der Waals surface area contributed by atoms with Crippen LogP contribution >= 0.6 is 0 Å². The Morgan fingerprint density at radius 2 is 1.68 bits per heavy atom. The summed E-state index contributed by atoms with van der Waals surface area (Å²) in [7, 11) is 3.20. The minimum absolute atomic E-state index is 0.344. The monoisotopic (exact) mass is 453 g/mol. The first-order chi connectivity index (χ1) is 16.4. The molecular formula is C27H23N3O4. The van der Waals surface area contributed by atoms with Crippen LogP contribution in [-0.4, -0.2) is 13.7 Å². The second-order valence-corrected chi connectivity index (χ2v) is 8.78. The minimum atomic E-state index is -0.637. The molecule has 1 aliphatic rings. The number of nitrogens with zero attached hydrogens (tertiary/aromatic N) is 3. The highest BCUT2D eigenvalue weighted by Crippen LogP contribution is 2.46. The van der Waals surface area contributed by atoms with Crippen molar-refractivity contribution in [2.75, 3.05) is 0 Å². The van der Waals surface area contributed by atoms with Crippen molar-refractivity contribution in [3.05, 3.63) is 104 Å². The van der Waals surface area contributed by atoms with Gasteiger partial charge in [0.05, 0.1) is 28.0 Å². The molecule has 6 rings (SSSR count). The molecule has 0 saturated heterocycles. The van der Waals surface area contributed by atoms with Crippen LogP contribution in [0, 0.1) is 13.8 Å². The Morgan fingerprint density at radius 3 is 2.41 bits per heavy atom. The van der Waals surface area contributed by atoms with Crippen molar-refractivity contribution in [1.29, 1.82) is 0 Å². The van der Waals surface area contributed by atoms with Gasteiger partial charge in [-0.15, -0.1) is 0 Å². The molecule has 34 heavy (non-hydrogen) atoms. The van der Waals surface area contributed by atoms with Crippen LogP contribution in [0.5, 0.6) is 5.75 Å². The summed E-state index contributed by atoms with van der Waals surface area (Å²) < 4.78 is 17.2. The number of hydrogen-bond donors (Lipinski definition) is 0. The van der Waals surface area contributed by atoms with E-state index in [4.69, 9.17) is 9.15 Å². The number of hydrogen-bond acceptors (Lipinski definition) is 4. The van der Waals surface area contributed by atoms with Crippen molar-refractivity contribution >= 4 is 10.9 Å². The normalized spacial score (nSPS) is 14.6. The van der Waals surface area contributed by atoms with Gasteiger partial charge in [-0.05, 0) is 49.7 Å². The van der Waals surface area contributed by atoms with Crippen molar-refractivity contribution in [3.63, 3.8) is 0 Å². The van der Waals surface area contributed by atoms with Gasteiger partial charge >= 0.3 is 5.69 Å². The van der Waals surface area contributed by atoms with Crippen LogP contribution in [0.4, 0.5) is 0 Å². The highest BCUT2D eigenvalue weighted by atomic mass is 16.5. The lowest BCUT2D eigenvalue weighted by molar-refractivity contribution is 0.197. The topological polar surface area (TPSA) is 71.3 Å². The summed E-state index contributed by atoms with van der Waals surface area (Å²) in [6.45, 7) is 3.90. The van der Waals surface area contributed by atoms with Crippen LogP contribution in [0.25, 0.3) is 27.8 Å². The van der Waals surface area contributed by atoms with E-state index in [1.165, 1.54) is 11.6 Å². The standard InChI is InChI=1S/C27H23N3O4/c1-15-8-7-9-17(14-15)22-21-23(28(3)27(32)29(4)26(21)31)24-25(20-13-12-16(2)33-20)34-19-11-6-5-10-18(19)30(22)24/h5-14,25H,1-4H3. The molecule has 7 heteroatoms. The fourth-order valence-corrected chi connectivity index (χ4v) is 4.96. The number of furan rings is 1. The molecular weight excluding hydrogens is 430 g/mol. The van der Waals surface area contributed by atoms with Gasteiger partial charge in [-0.25, -0.2) is 4.79 Å². The average molecular weight is 453 g/mol. The van der Waals surface area contributed by atoms with E-state index in [-0.39, 0.29) is 5.56 Å². The predicted octanol–water partition coefficient (Wildman–Crippen LogP) is 4.39. The van der Waals surface area contributed by atoms with Crippen molar-refractivity contribution < 1.29 is 9.15 Å². The van der Waals surface area contributed by atoms with E-state index >= 15 is 0 Å². The Morgan fingerprint density at radius 1 is 0.882 bits per heavy atom. The molecule has 0 aliphatic carbocycles. The van der Waals surface area contributed by atoms with Crippen molar-refractivity contribution in [2.24, 2.45) is 14.1 Å². The van der Waals surface area contributed by atoms with E-state index in [1.807, 2.05) is 68.4 Å². The van der Waals surface area contributed by atoms with Crippen LogP contribution in [0.2, 0.25) is 0 Å². The molecule has 170 valence electrons. The third-order valence-electron chi connectivity index (χ3n) is 6.52. The molecule has 0 spiro atoms. The summed E-state index contributed by atoms with van der Waals surface area (Å²) in [5, 5.41) is 0.471. The highest BCUT2D eigenvalue weighted by Gasteiger charge is 2.37. The summed E-state index contributed by atoms with van der Waals surface area (Å²) in [4.78, 5) is 26.7. The molecule has 0 radical (unpaired) electrons. The van der Waals surface area contributed by atoms with E-state index in [2.05, 4.69) is 10.6 Å². The third-order valence-corrected chi connectivity index (χ3v) is 6.52. The van der Waals surface area contributed by atoms with Crippen LogP contribution < -0.4 is 16.0 Å². The molecule has 0 fully saturated rings. The molecule has 5 aromatic rings. The summed E-state index contributed by atoms with van der Waals surface area (Å²) >= 11 is 0. The molecule has 1 unspecified atom stereocenters. The maximum atomic E-state index is 13.6. The molecule has 2 aromatic carbocycles. The van der Waals surface area contributed by atoms with Gasteiger partial charge in [0.25, 0.3) is 5.56 Å². The first kappa shape index (κ1) is 20.4. The molecule has 0 saturated carbocycles. The zero-order valence-corrected chi connectivity index (χ0v) is 19.3. The minimum Gasteiger partial charge on any atom is -0.474 e. The lowest BCUT2D eigenvalue weighted by Gasteiger charge is -2.28. The number of rotatable bonds is 2. The molecule has 0 N–H and O–H groups in total. The average Bonchev–Trinajstić information content (AvgIpc) is 3.43. The highest BCUT2D eigenvalue weighted by molar-refractivity contribution is 5.98. The predicted molar refractivity (Wildman–Crippen MR) is 130 cm³/mol. The quantitative estimate of drug-likeness (QED) is 0.398. The van der Waals surface area contributed by atoms with E-state index in [0.717, 1.165) is 32.8 Å². The van der Waals surface area contributed by atoms with Crippen molar-refractivity contribution in [1.82, 2.24) is 13.7 Å². The van der Waals surface area contributed by atoms with Gasteiger partial charge in [0.2, 0.25) is 0 Å². The lowest BCUT2D eigenvalue weighted by Crippen LogP contribution is -2.37. The molecule has 0 amide bonds. The van der Waals surface area contributed by atoms with E-state index in [9.17, 15) is 9.59 Å². The Hall–Kier alpha value is -4.26. The van der Waals surface area contributed by atoms with Crippen molar-refractivity contribution in [3.8, 4) is 22.7 Å². The van der Waals surface area contributed by atoms with Gasteiger partial charge in [-0.3, -0.25) is 13.9 Å². The number of aryl methyl sites for hydroxylation is 3. The second-order valence-electron chi connectivity index (χ2n) is 8.78. The number of para-hydroxylation sites is 2. The Kier molecular flexibility index (Phi) is 4.26. The number of fused-ring (bicyclic) bond motifs is 5. The lowest BCUT2D eigenvalue weighted by atomic mass is 10.1. The molecule has 4 heterocycles. The molecule has 1 atom stereocenters. The third kappa shape index (κ3) is 2.70. The molecule has 0 bridgehead atoms. The van der Waals surface area contributed by atoms with Crippen LogP contribution in [0.15, 0.2) is 74.7 Å². The van der Waals surface area contributed by atoms with E-state index in [1.54, 1.807) is 7.05 Å². The number of ether oxygens (including phenoxy) is 1. The maximum absolute atomic E-state index is 13.6. The summed E-state index contributed by atoms with van der Waals surface area (Å²) in [6.07, 6.45) is -0.637. The maximum Gasteiger partial charge on any atom is 0.331 e. The number of benzene rings is 2. The van der Waals surface area contributed by atoms with Crippen LogP contribution in [-0.2, 0) is 14.1 Å². The molecule has 7 nitrogen and oxygen atoms in total. The van der Waals surface area contributed by atoms with Crippen LogP contribution in [0.1, 0.15) is 28.9 Å². The summed E-state index contributed by atoms with van der Waals surface area (Å²) in [5.74, 6) is 2.03. The van der Waals surface area contributed by atoms with Gasteiger partial charge in [-0.1, -0.05) is 35.9 Å². The fraction of sp³-hybridized carbons (Fsp3) is 0.185. The fourth-order valence-electron chi connectivity index (χ4n) is 4.96. The van der Waals surface area contributed by atoms with Gasteiger partial charge in [0.1, 0.15) is 11.5 Å². The van der Waals surface area contributed by atoms with Crippen LogP contribution in [0.3, 0.4) is 0 Å². The van der Waals surface area contributed by atoms with E-state index in [0.29, 0.717) is 28.1 Å². The Bertz CT molecular complexity index is 1730. The first-order valence-electron chi connectivity index (χ1n) is 11.1. The smallest absolute Gasteiger partial charge is 0.331 e. The zero-order chi connectivity index (χ0) is 23.7. The second kappa shape index (κ2) is 7.12. The van der Waals surface area contributed by atoms with Gasteiger partial charge < -0.3 is 13.7 Å². The van der Waals surface area contributed by atoms with Crippen molar-refractivity contribution in [2.45, 2.75) is 20.0 Å². The summed E-state index contributed by atoms with van der Waals surface area (Å²) in [6, 6.07) is 19.5. The molecule has 3 aromatic heterocycles. The van der Waals surface area contributed by atoms with Gasteiger partial charge in [0, 0.05) is 14.1 Å².